The van der Waals surface area contributed by atoms with E-state index in [4.69, 9.17) is 10.5 Å². The molecule has 1 aliphatic carbocycles. The fourth-order valence-electron chi connectivity index (χ4n) is 4.87. The van der Waals surface area contributed by atoms with Crippen LogP contribution in [0.15, 0.2) is 54.6 Å². The van der Waals surface area contributed by atoms with E-state index in [1.54, 1.807) is 7.11 Å². The largest absolute Gasteiger partial charge is 0.497 e. The van der Waals surface area contributed by atoms with E-state index in [1.165, 1.54) is 5.56 Å². The number of carbonyl (C=O) groups excluding carboxylic acids is 1. The molecule has 2 N–H and O–H groups in total. The van der Waals surface area contributed by atoms with Gasteiger partial charge in [0.15, 0.2) is 0 Å². The van der Waals surface area contributed by atoms with Gasteiger partial charge in [-0.1, -0.05) is 55.3 Å². The molecule has 1 saturated heterocycles. The molecule has 4 rings (SSSR count). The zero-order chi connectivity index (χ0) is 18.9. The Bertz CT molecular complexity index is 782. The van der Waals surface area contributed by atoms with Gasteiger partial charge in [-0.15, -0.1) is 0 Å². The topological polar surface area (TPSA) is 55.6 Å². The summed E-state index contributed by atoms with van der Waals surface area (Å²) < 4.78 is 5.29. The van der Waals surface area contributed by atoms with Crippen LogP contribution in [0, 0.1) is 0 Å². The number of rotatable bonds is 4. The van der Waals surface area contributed by atoms with Gasteiger partial charge in [0.25, 0.3) is 0 Å². The van der Waals surface area contributed by atoms with Crippen molar-refractivity contribution in [3.63, 3.8) is 0 Å². The summed E-state index contributed by atoms with van der Waals surface area (Å²) in [5.74, 6) is 1.29. The van der Waals surface area contributed by atoms with Crippen LogP contribution >= 0.6 is 0 Å². The zero-order valence-electron chi connectivity index (χ0n) is 15.9. The molecular weight excluding hydrogens is 336 g/mol. The molecule has 2 atom stereocenters. The van der Waals surface area contributed by atoms with Crippen LogP contribution in [0.25, 0.3) is 0 Å². The molecule has 2 fully saturated rings. The highest BCUT2D eigenvalue weighted by Gasteiger charge is 2.47. The van der Waals surface area contributed by atoms with Crippen LogP contribution in [0.1, 0.15) is 42.7 Å². The highest BCUT2D eigenvalue weighted by atomic mass is 16.5. The van der Waals surface area contributed by atoms with Crippen molar-refractivity contribution in [3.05, 3.63) is 65.7 Å². The maximum atomic E-state index is 13.7. The average molecular weight is 364 g/mol. The van der Waals surface area contributed by atoms with Crippen molar-refractivity contribution in [2.45, 2.75) is 43.1 Å². The predicted octanol–water partition coefficient (Wildman–Crippen LogP) is 3.46. The maximum Gasteiger partial charge on any atom is 0.233 e. The molecule has 1 saturated carbocycles. The summed E-state index contributed by atoms with van der Waals surface area (Å²) in [5.41, 5.74) is 8.38. The smallest absolute Gasteiger partial charge is 0.233 e. The number of nitrogens with two attached hydrogens (primary N) is 1. The Morgan fingerprint density at radius 2 is 1.70 bits per heavy atom. The first-order valence-corrected chi connectivity index (χ1v) is 9.88. The first-order valence-electron chi connectivity index (χ1n) is 9.88. The summed E-state index contributed by atoms with van der Waals surface area (Å²) in [7, 11) is 1.67. The Morgan fingerprint density at radius 3 is 2.33 bits per heavy atom. The van der Waals surface area contributed by atoms with Gasteiger partial charge in [0, 0.05) is 25.0 Å². The maximum absolute atomic E-state index is 13.7. The van der Waals surface area contributed by atoms with Crippen LogP contribution in [-0.2, 0) is 10.2 Å². The Balaban J connectivity index is 1.59. The number of likely N-dealkylation sites (tertiary alicyclic amines) is 1. The fraction of sp³-hybridized carbons (Fsp3) is 0.435. The van der Waals surface area contributed by atoms with Crippen molar-refractivity contribution in [3.8, 4) is 5.75 Å². The van der Waals surface area contributed by atoms with E-state index in [2.05, 4.69) is 24.3 Å². The lowest BCUT2D eigenvalue weighted by Gasteiger charge is -2.33. The van der Waals surface area contributed by atoms with E-state index in [-0.39, 0.29) is 17.9 Å². The fourth-order valence-corrected chi connectivity index (χ4v) is 4.87. The van der Waals surface area contributed by atoms with Crippen molar-refractivity contribution in [1.29, 1.82) is 0 Å². The molecule has 1 heterocycles. The summed E-state index contributed by atoms with van der Waals surface area (Å²) in [6.07, 6.45) is 4.03. The summed E-state index contributed by atoms with van der Waals surface area (Å²) >= 11 is 0. The Morgan fingerprint density at radius 1 is 1.04 bits per heavy atom. The van der Waals surface area contributed by atoms with E-state index in [9.17, 15) is 4.79 Å². The Labute approximate surface area is 161 Å². The summed E-state index contributed by atoms with van der Waals surface area (Å²) in [4.78, 5) is 15.7. The lowest BCUT2D eigenvalue weighted by Crippen LogP contribution is -2.45. The van der Waals surface area contributed by atoms with Gasteiger partial charge in [0.05, 0.1) is 12.5 Å². The Kier molecular flexibility index (Phi) is 4.92. The number of ether oxygens (including phenoxy) is 1. The zero-order valence-corrected chi connectivity index (χ0v) is 15.9. The van der Waals surface area contributed by atoms with E-state index in [0.29, 0.717) is 13.1 Å². The van der Waals surface area contributed by atoms with Crippen LogP contribution in [0.2, 0.25) is 0 Å². The van der Waals surface area contributed by atoms with Crippen molar-refractivity contribution in [2.75, 3.05) is 20.2 Å². The molecule has 0 bridgehead atoms. The highest BCUT2D eigenvalue weighted by Crippen LogP contribution is 2.44. The van der Waals surface area contributed by atoms with Crippen molar-refractivity contribution in [2.24, 2.45) is 5.73 Å². The molecule has 2 aromatic rings. The molecular formula is C23H28N2O2. The molecule has 27 heavy (non-hydrogen) atoms. The number of hydrogen-bond donors (Lipinski definition) is 1. The van der Waals surface area contributed by atoms with Crippen LogP contribution in [0.5, 0.6) is 5.75 Å². The minimum absolute atomic E-state index is 0.00864. The van der Waals surface area contributed by atoms with Gasteiger partial charge < -0.3 is 15.4 Å². The third-order valence-electron chi connectivity index (χ3n) is 6.39. The van der Waals surface area contributed by atoms with Crippen LogP contribution in [-0.4, -0.2) is 37.0 Å². The number of hydrogen-bond acceptors (Lipinski definition) is 3. The second-order valence-corrected chi connectivity index (χ2v) is 7.91. The summed E-state index contributed by atoms with van der Waals surface area (Å²) in [6, 6.07) is 18.4. The molecule has 2 aliphatic rings. The van der Waals surface area contributed by atoms with Crippen LogP contribution in [0.4, 0.5) is 0 Å². The van der Waals surface area contributed by atoms with Crippen molar-refractivity contribution >= 4 is 5.91 Å². The third-order valence-corrected chi connectivity index (χ3v) is 6.39. The van der Waals surface area contributed by atoms with E-state index < -0.39 is 5.41 Å². The molecule has 1 amide bonds. The normalized spacial score (nSPS) is 24.1. The first-order chi connectivity index (χ1) is 13.1. The van der Waals surface area contributed by atoms with Gasteiger partial charge in [-0.25, -0.2) is 0 Å². The summed E-state index contributed by atoms with van der Waals surface area (Å²) in [5, 5.41) is 0. The molecule has 1 aliphatic heterocycles. The molecule has 0 aromatic heterocycles. The summed E-state index contributed by atoms with van der Waals surface area (Å²) in [6.45, 7) is 1.35. The van der Waals surface area contributed by atoms with Crippen molar-refractivity contribution < 1.29 is 9.53 Å². The number of carbonyl (C=O) groups is 1. The average Bonchev–Trinajstić information content (AvgIpc) is 3.36. The van der Waals surface area contributed by atoms with Crippen molar-refractivity contribution in [1.82, 2.24) is 4.90 Å². The second kappa shape index (κ2) is 7.35. The first kappa shape index (κ1) is 18.1. The van der Waals surface area contributed by atoms with E-state index in [0.717, 1.165) is 37.0 Å². The molecule has 0 radical (unpaired) electrons. The second-order valence-electron chi connectivity index (χ2n) is 7.91. The molecule has 2 aromatic carbocycles. The lowest BCUT2D eigenvalue weighted by molar-refractivity contribution is -0.136. The molecule has 0 spiro atoms. The number of benzene rings is 2. The lowest BCUT2D eigenvalue weighted by atomic mass is 9.77. The number of amides is 1. The van der Waals surface area contributed by atoms with E-state index in [1.807, 2.05) is 35.2 Å². The third kappa shape index (κ3) is 3.23. The SMILES string of the molecule is COc1ccc(C2(C(=O)N3C[C@@H](N)[C@H](c4ccccc4)C3)CCCC2)cc1. The van der Waals surface area contributed by atoms with Gasteiger partial charge in [-0.3, -0.25) is 4.79 Å². The molecule has 142 valence electrons. The minimum Gasteiger partial charge on any atom is -0.497 e. The van der Waals surface area contributed by atoms with Gasteiger partial charge in [0.2, 0.25) is 5.91 Å². The quantitative estimate of drug-likeness (QED) is 0.904. The highest BCUT2D eigenvalue weighted by molar-refractivity contribution is 5.89. The minimum atomic E-state index is -0.405. The van der Waals surface area contributed by atoms with Crippen LogP contribution < -0.4 is 10.5 Å². The molecule has 0 unspecified atom stereocenters. The predicted molar refractivity (Wildman–Crippen MR) is 107 cm³/mol. The number of nitrogens with zero attached hydrogens (tertiary/aromatic N) is 1. The number of methoxy groups -OCH3 is 1. The molecule has 4 heteroatoms. The monoisotopic (exact) mass is 364 g/mol. The van der Waals surface area contributed by atoms with Crippen LogP contribution in [0.3, 0.4) is 0 Å². The van der Waals surface area contributed by atoms with Gasteiger partial charge in [0.1, 0.15) is 5.75 Å². The van der Waals surface area contributed by atoms with E-state index >= 15 is 0 Å². The Hall–Kier alpha value is -2.33. The van der Waals surface area contributed by atoms with Gasteiger partial charge >= 0.3 is 0 Å². The van der Waals surface area contributed by atoms with Gasteiger partial charge in [-0.05, 0) is 36.1 Å². The van der Waals surface area contributed by atoms with Gasteiger partial charge in [-0.2, -0.15) is 0 Å². The standard InChI is InChI=1S/C23H28N2O2/c1-27-19-11-9-18(10-12-19)23(13-5-6-14-23)22(26)25-15-20(21(24)16-25)17-7-3-2-4-8-17/h2-4,7-12,20-21H,5-6,13-16,24H2,1H3/t20-,21+/m0/s1. The molecule has 4 nitrogen and oxygen atoms in total.